The van der Waals surface area contributed by atoms with Crippen LogP contribution in [0, 0.1) is 11.6 Å². The fourth-order valence-electron chi connectivity index (χ4n) is 5.89. The number of hydrogen-bond donors (Lipinski definition) is 3. The average molecular weight is 711 g/mol. The van der Waals surface area contributed by atoms with Gasteiger partial charge >= 0.3 is 5.97 Å². The number of nitrogens with zero attached hydrogens (tertiary/aromatic N) is 2. The number of fused-ring (bicyclic) bond motifs is 1. The van der Waals surface area contributed by atoms with Gasteiger partial charge in [-0.05, 0) is 30.7 Å². The number of carboxylic acid groups (broad SMARTS) is 1. The van der Waals surface area contributed by atoms with Crippen LogP contribution in [0.4, 0.5) is 17.6 Å². The lowest BCUT2D eigenvalue weighted by atomic mass is 10.1. The summed E-state index contributed by atoms with van der Waals surface area (Å²) in [5.41, 5.74) is 0.871. The van der Waals surface area contributed by atoms with Gasteiger partial charge in [0, 0.05) is 55.0 Å². The predicted molar refractivity (Wildman–Crippen MR) is 177 cm³/mol. The Labute approximate surface area is 289 Å². The van der Waals surface area contributed by atoms with Crippen molar-refractivity contribution in [3.8, 4) is 22.8 Å². The molecule has 4 aromatic rings. The summed E-state index contributed by atoms with van der Waals surface area (Å²) in [6.07, 6.45) is -5.25. The molecule has 3 amide bonds. The summed E-state index contributed by atoms with van der Waals surface area (Å²) in [7, 11) is 1.53. The third kappa shape index (κ3) is 8.71. The van der Waals surface area contributed by atoms with Crippen molar-refractivity contribution in [3.63, 3.8) is 0 Å². The van der Waals surface area contributed by atoms with Crippen molar-refractivity contribution in [1.29, 1.82) is 0 Å². The number of likely N-dealkylation sites (tertiary alicyclic amines) is 1. The maximum atomic E-state index is 14.3. The largest absolute Gasteiger partial charge is 0.497 e. The van der Waals surface area contributed by atoms with Crippen molar-refractivity contribution >= 4 is 34.6 Å². The molecule has 11 nitrogen and oxygen atoms in total. The first-order valence-electron chi connectivity index (χ1n) is 15.9. The van der Waals surface area contributed by atoms with Gasteiger partial charge in [0.25, 0.3) is 0 Å². The number of carbonyl (C=O) groups excluding carboxylic acids is 3. The summed E-state index contributed by atoms with van der Waals surface area (Å²) in [6.45, 7) is 0.816. The Balaban J connectivity index is 1.30. The minimum Gasteiger partial charge on any atom is -0.497 e. The summed E-state index contributed by atoms with van der Waals surface area (Å²) < 4.78 is 67.5. The Morgan fingerprint density at radius 1 is 1.02 bits per heavy atom. The molecule has 1 aromatic heterocycles. The number of methoxy groups -OCH3 is 1. The number of benzene rings is 3. The molecule has 1 aliphatic heterocycles. The average Bonchev–Trinajstić information content (AvgIpc) is 3.53. The number of halogens is 4. The van der Waals surface area contributed by atoms with Crippen molar-refractivity contribution in [2.45, 2.75) is 50.8 Å². The Bertz CT molecular complexity index is 1920. The molecule has 51 heavy (non-hydrogen) atoms. The quantitative estimate of drug-likeness (QED) is 0.169. The molecular formula is C36H34F4N4O7. The third-order valence-corrected chi connectivity index (χ3v) is 8.42. The molecule has 2 heterocycles. The second-order valence-electron chi connectivity index (χ2n) is 11.9. The van der Waals surface area contributed by atoms with E-state index in [1.54, 1.807) is 24.3 Å². The lowest BCUT2D eigenvalue weighted by Gasteiger charge is -2.25. The highest BCUT2D eigenvalue weighted by molar-refractivity contribution is 5.93. The molecule has 1 unspecified atom stereocenters. The number of rotatable bonds is 13. The van der Waals surface area contributed by atoms with Gasteiger partial charge in [-0.25, -0.2) is 27.3 Å². The number of aromatic carboxylic acids is 1. The zero-order valence-electron chi connectivity index (χ0n) is 27.5. The minimum absolute atomic E-state index is 0.0163. The van der Waals surface area contributed by atoms with Gasteiger partial charge < -0.3 is 30.1 Å². The minimum atomic E-state index is -3.01. The van der Waals surface area contributed by atoms with Crippen LogP contribution in [0.15, 0.2) is 66.7 Å². The number of carbonyl (C=O) groups is 4. The van der Waals surface area contributed by atoms with E-state index in [0.29, 0.717) is 40.2 Å². The molecule has 0 aliphatic carbocycles. The Morgan fingerprint density at radius 2 is 1.73 bits per heavy atom. The molecule has 0 saturated carbocycles. The fourth-order valence-corrected chi connectivity index (χ4v) is 5.89. The van der Waals surface area contributed by atoms with Crippen LogP contribution in [0.1, 0.15) is 35.7 Å². The van der Waals surface area contributed by atoms with Crippen molar-refractivity contribution in [3.05, 3.63) is 89.5 Å². The standard InChI is InChI=1S/C36H34F4N4O7/c1-19(45)44-18-23(51-32-16-28(20-6-4-3-5-7-20)42-29-14-22(50-2)8-9-25(29)32)15-31(44)35(47)43-30(17-33(39)40)34(46)41-11-10-24-26(37)12-21(36(48)49)13-27(24)38/h3-9,12-14,16,23,30-31,33H,10-11,15,17-18H2,1-2H3,(H,41,46)(H,43,47)(H,48,49)/t23-,30?,31+/m1/s1. The lowest BCUT2D eigenvalue weighted by Crippen LogP contribution is -2.53. The van der Waals surface area contributed by atoms with Gasteiger partial charge in [-0.2, -0.15) is 0 Å². The van der Waals surface area contributed by atoms with Crippen molar-refractivity contribution in [1.82, 2.24) is 20.5 Å². The van der Waals surface area contributed by atoms with Crippen LogP contribution in [-0.2, 0) is 20.8 Å². The monoisotopic (exact) mass is 710 g/mol. The first kappa shape index (κ1) is 36.5. The van der Waals surface area contributed by atoms with Crippen molar-refractivity contribution in [2.75, 3.05) is 20.2 Å². The second kappa shape index (κ2) is 15.9. The molecule has 1 fully saturated rings. The van der Waals surface area contributed by atoms with Crippen LogP contribution < -0.4 is 20.1 Å². The van der Waals surface area contributed by atoms with Crippen LogP contribution in [0.5, 0.6) is 11.5 Å². The summed E-state index contributed by atoms with van der Waals surface area (Å²) in [5.74, 6) is -5.24. The summed E-state index contributed by atoms with van der Waals surface area (Å²) in [5, 5.41) is 14.2. The molecular weight excluding hydrogens is 676 g/mol. The highest BCUT2D eigenvalue weighted by atomic mass is 19.3. The Morgan fingerprint density at radius 3 is 2.35 bits per heavy atom. The number of pyridine rings is 1. The molecule has 0 spiro atoms. The summed E-state index contributed by atoms with van der Waals surface area (Å²) in [4.78, 5) is 56.1. The van der Waals surface area contributed by atoms with Gasteiger partial charge in [0.05, 0.1) is 30.4 Å². The van der Waals surface area contributed by atoms with Crippen LogP contribution in [-0.4, -0.2) is 83.5 Å². The molecule has 268 valence electrons. The van der Waals surface area contributed by atoms with E-state index in [1.807, 2.05) is 30.3 Å². The number of alkyl halides is 2. The Kier molecular flexibility index (Phi) is 11.4. The second-order valence-corrected chi connectivity index (χ2v) is 11.9. The highest BCUT2D eigenvalue weighted by Gasteiger charge is 2.41. The van der Waals surface area contributed by atoms with Crippen LogP contribution in [0.2, 0.25) is 0 Å². The Hall–Kier alpha value is -5.73. The molecule has 3 atom stereocenters. The molecule has 5 rings (SSSR count). The third-order valence-electron chi connectivity index (χ3n) is 8.42. The van der Waals surface area contributed by atoms with Crippen LogP contribution in [0.25, 0.3) is 22.2 Å². The molecule has 0 radical (unpaired) electrons. The maximum absolute atomic E-state index is 14.3. The van der Waals surface area contributed by atoms with Crippen molar-refractivity contribution in [2.24, 2.45) is 0 Å². The predicted octanol–water partition coefficient (Wildman–Crippen LogP) is 4.75. The number of amides is 3. The van der Waals surface area contributed by atoms with Gasteiger partial charge in [-0.3, -0.25) is 14.4 Å². The number of hydrogen-bond acceptors (Lipinski definition) is 7. The van der Waals surface area contributed by atoms with Gasteiger partial charge in [0.1, 0.15) is 41.3 Å². The molecule has 15 heteroatoms. The molecule has 1 aliphatic rings. The zero-order chi connectivity index (χ0) is 36.8. The van der Waals surface area contributed by atoms with E-state index in [4.69, 9.17) is 19.6 Å². The van der Waals surface area contributed by atoms with E-state index in [1.165, 1.54) is 18.9 Å². The molecule has 1 saturated heterocycles. The highest BCUT2D eigenvalue weighted by Crippen LogP contribution is 2.34. The maximum Gasteiger partial charge on any atom is 0.335 e. The SMILES string of the molecule is COc1ccc2c(O[C@@H]3C[C@@H](C(=O)NC(CC(F)F)C(=O)NCCc4c(F)cc(C(=O)O)cc4F)N(C(C)=O)C3)cc(-c3ccccc3)nc2c1. The molecule has 3 aromatic carbocycles. The van der Waals surface area contributed by atoms with E-state index < -0.39 is 90.5 Å². The fraction of sp³-hybridized carbons (Fsp3) is 0.306. The normalized spacial score (nSPS) is 16.2. The first-order chi connectivity index (χ1) is 24.3. The van der Waals surface area contributed by atoms with Crippen LogP contribution in [0.3, 0.4) is 0 Å². The zero-order valence-corrected chi connectivity index (χ0v) is 27.5. The number of nitrogens with one attached hydrogen (secondary N) is 2. The summed E-state index contributed by atoms with van der Waals surface area (Å²) >= 11 is 0. The van der Waals surface area contributed by atoms with E-state index in [0.717, 1.165) is 5.56 Å². The number of ether oxygens (including phenoxy) is 2. The van der Waals surface area contributed by atoms with E-state index in [9.17, 15) is 36.7 Å². The smallest absolute Gasteiger partial charge is 0.335 e. The topological polar surface area (TPSA) is 147 Å². The summed E-state index contributed by atoms with van der Waals surface area (Å²) in [6, 6.07) is 14.7. The van der Waals surface area contributed by atoms with Gasteiger partial charge in [0.15, 0.2) is 0 Å². The number of carboxylic acids is 1. The van der Waals surface area contributed by atoms with E-state index >= 15 is 0 Å². The van der Waals surface area contributed by atoms with Crippen molar-refractivity contribution < 1.29 is 51.3 Å². The lowest BCUT2D eigenvalue weighted by molar-refractivity contribution is -0.138. The van der Waals surface area contributed by atoms with Crippen LogP contribution >= 0.6 is 0 Å². The van der Waals surface area contributed by atoms with E-state index in [-0.39, 0.29) is 13.0 Å². The van der Waals surface area contributed by atoms with Gasteiger partial charge in [-0.1, -0.05) is 30.3 Å². The van der Waals surface area contributed by atoms with E-state index in [2.05, 4.69) is 10.6 Å². The molecule has 3 N–H and O–H groups in total. The van der Waals surface area contributed by atoms with Gasteiger partial charge in [-0.15, -0.1) is 0 Å². The first-order valence-corrected chi connectivity index (χ1v) is 15.9. The van der Waals surface area contributed by atoms with Gasteiger partial charge in [0.2, 0.25) is 24.1 Å². The molecule has 0 bridgehead atoms. The number of aromatic nitrogens is 1.